The summed E-state index contributed by atoms with van der Waals surface area (Å²) in [6, 6.07) is 6.57. The maximum atomic E-state index is 14.4. The quantitative estimate of drug-likeness (QED) is 0.723. The topological polar surface area (TPSA) is 95.6 Å². The lowest BCUT2D eigenvalue weighted by molar-refractivity contribution is 0.635. The van der Waals surface area contributed by atoms with E-state index in [1.807, 2.05) is 6.92 Å². The van der Waals surface area contributed by atoms with E-state index in [9.17, 15) is 4.39 Å². The Kier molecular flexibility index (Phi) is 3.46. The Balaban J connectivity index is 2.24. The summed E-state index contributed by atoms with van der Waals surface area (Å²) in [5.41, 5.74) is 13.5. The van der Waals surface area contributed by atoms with Crippen molar-refractivity contribution in [2.75, 3.05) is 11.5 Å². The second-order valence-electron chi connectivity index (χ2n) is 4.76. The van der Waals surface area contributed by atoms with Crippen LogP contribution >= 0.6 is 0 Å². The molecule has 0 amide bonds. The van der Waals surface area contributed by atoms with E-state index >= 15 is 0 Å². The Morgan fingerprint density at radius 2 is 2.00 bits per heavy atom. The number of halogens is 1. The molecule has 0 atom stereocenters. The average Bonchev–Trinajstić information content (AvgIpc) is 2.94. The number of hydrogen-bond acceptors (Lipinski definition) is 5. The summed E-state index contributed by atoms with van der Waals surface area (Å²) in [6.07, 6.45) is 3.31. The van der Waals surface area contributed by atoms with Gasteiger partial charge in [0.05, 0.1) is 11.4 Å². The van der Waals surface area contributed by atoms with Gasteiger partial charge in [0.15, 0.2) is 5.82 Å². The largest absolute Gasteiger partial charge is 0.396 e. The fraction of sp³-hybridized carbons (Fsp3) is 0.133. The molecule has 3 aromatic rings. The molecule has 0 aliphatic carbocycles. The summed E-state index contributed by atoms with van der Waals surface area (Å²) in [4.78, 5) is 8.03. The van der Waals surface area contributed by atoms with Crippen LogP contribution < -0.4 is 11.5 Å². The molecule has 0 radical (unpaired) electrons. The lowest BCUT2D eigenvalue weighted by atomic mass is 10.0. The summed E-state index contributed by atoms with van der Waals surface area (Å²) >= 11 is 0. The summed E-state index contributed by atoms with van der Waals surface area (Å²) in [5, 5.41) is 4.45. The first-order valence-electron chi connectivity index (χ1n) is 6.81. The highest BCUT2D eigenvalue weighted by Crippen LogP contribution is 2.33. The van der Waals surface area contributed by atoms with Crippen molar-refractivity contribution in [2.24, 2.45) is 0 Å². The van der Waals surface area contributed by atoms with Gasteiger partial charge in [0, 0.05) is 30.1 Å². The molecule has 0 unspecified atom stereocenters. The van der Waals surface area contributed by atoms with Gasteiger partial charge >= 0.3 is 0 Å². The van der Waals surface area contributed by atoms with Gasteiger partial charge in [-0.2, -0.15) is 5.10 Å². The van der Waals surface area contributed by atoms with E-state index < -0.39 is 5.82 Å². The van der Waals surface area contributed by atoms with Crippen LogP contribution in [0, 0.1) is 5.82 Å². The Labute approximate surface area is 126 Å². The zero-order chi connectivity index (χ0) is 15.7. The van der Waals surface area contributed by atoms with E-state index in [4.69, 9.17) is 11.5 Å². The summed E-state index contributed by atoms with van der Waals surface area (Å²) < 4.78 is 16.1. The molecular formula is C15H15FN6. The van der Waals surface area contributed by atoms with E-state index in [2.05, 4.69) is 15.1 Å². The van der Waals surface area contributed by atoms with Gasteiger partial charge in [-0.15, -0.1) is 0 Å². The van der Waals surface area contributed by atoms with Crippen molar-refractivity contribution in [3.05, 3.63) is 42.5 Å². The van der Waals surface area contributed by atoms with Crippen molar-refractivity contribution in [1.29, 1.82) is 0 Å². The number of hydrogen-bond donors (Lipinski definition) is 2. The number of rotatable bonds is 3. The molecule has 0 bridgehead atoms. The maximum Gasteiger partial charge on any atom is 0.220 e. The van der Waals surface area contributed by atoms with Gasteiger partial charge < -0.3 is 11.5 Å². The molecule has 22 heavy (non-hydrogen) atoms. The third-order valence-electron chi connectivity index (χ3n) is 3.32. The number of aromatic nitrogens is 4. The van der Waals surface area contributed by atoms with Gasteiger partial charge in [-0.25, -0.2) is 14.4 Å². The van der Waals surface area contributed by atoms with Crippen molar-refractivity contribution in [3.8, 4) is 22.5 Å². The minimum Gasteiger partial charge on any atom is -0.396 e. The molecule has 3 rings (SSSR count). The SMILES string of the molecule is CCn1cc(-c2cccc(N)c2F)c(-c2ccnc(N)n2)n1. The molecule has 0 aliphatic rings. The van der Waals surface area contributed by atoms with Crippen molar-refractivity contribution < 1.29 is 4.39 Å². The Hall–Kier alpha value is -2.96. The van der Waals surface area contributed by atoms with Gasteiger partial charge in [-0.1, -0.05) is 12.1 Å². The lowest BCUT2D eigenvalue weighted by Crippen LogP contribution is -1.98. The monoisotopic (exact) mass is 298 g/mol. The molecule has 7 heteroatoms. The number of nitrogens with two attached hydrogens (primary N) is 2. The van der Waals surface area contributed by atoms with Crippen LogP contribution in [0.25, 0.3) is 22.5 Å². The fourth-order valence-corrected chi connectivity index (χ4v) is 2.23. The molecule has 0 fully saturated rings. The van der Waals surface area contributed by atoms with Gasteiger partial charge in [-0.05, 0) is 19.1 Å². The number of benzene rings is 1. The first-order chi connectivity index (χ1) is 10.6. The zero-order valence-corrected chi connectivity index (χ0v) is 12.0. The number of aryl methyl sites for hydroxylation is 1. The number of nitrogens with zero attached hydrogens (tertiary/aromatic N) is 4. The normalized spacial score (nSPS) is 10.8. The minimum absolute atomic E-state index is 0.0925. The number of nitrogen functional groups attached to an aromatic ring is 2. The molecule has 4 N–H and O–H groups in total. The minimum atomic E-state index is -0.471. The first-order valence-corrected chi connectivity index (χ1v) is 6.81. The third-order valence-corrected chi connectivity index (χ3v) is 3.32. The van der Waals surface area contributed by atoms with Gasteiger partial charge in [0.25, 0.3) is 0 Å². The summed E-state index contributed by atoms with van der Waals surface area (Å²) in [7, 11) is 0. The molecule has 0 aliphatic heterocycles. The van der Waals surface area contributed by atoms with Crippen LogP contribution in [-0.4, -0.2) is 19.7 Å². The van der Waals surface area contributed by atoms with Crippen molar-refractivity contribution in [3.63, 3.8) is 0 Å². The van der Waals surface area contributed by atoms with E-state index in [1.54, 1.807) is 35.3 Å². The predicted molar refractivity (Wildman–Crippen MR) is 83.1 cm³/mol. The standard InChI is InChI=1S/C15H15FN6/c1-2-22-8-10(9-4-3-5-11(17)13(9)16)14(21-22)12-6-7-19-15(18)20-12/h3-8H,2,17H2,1H3,(H2,18,19,20). The van der Waals surface area contributed by atoms with E-state index in [0.29, 0.717) is 29.1 Å². The van der Waals surface area contributed by atoms with E-state index in [-0.39, 0.29) is 11.6 Å². The molecule has 1 aromatic carbocycles. The van der Waals surface area contributed by atoms with Crippen molar-refractivity contribution in [2.45, 2.75) is 13.5 Å². The van der Waals surface area contributed by atoms with Gasteiger partial charge in [0.1, 0.15) is 5.69 Å². The first kappa shape index (κ1) is 14.0. The van der Waals surface area contributed by atoms with Gasteiger partial charge in [0.2, 0.25) is 5.95 Å². The van der Waals surface area contributed by atoms with Crippen LogP contribution in [0.1, 0.15) is 6.92 Å². The molecule has 0 spiro atoms. The van der Waals surface area contributed by atoms with Crippen LogP contribution in [0.3, 0.4) is 0 Å². The Bertz CT molecular complexity index is 827. The zero-order valence-electron chi connectivity index (χ0n) is 12.0. The second kappa shape index (κ2) is 5.44. The van der Waals surface area contributed by atoms with Crippen LogP contribution in [-0.2, 0) is 6.54 Å². The molecule has 112 valence electrons. The van der Waals surface area contributed by atoms with E-state index in [0.717, 1.165) is 0 Å². The van der Waals surface area contributed by atoms with Crippen LogP contribution in [0.15, 0.2) is 36.7 Å². The molecule has 0 saturated heterocycles. The summed E-state index contributed by atoms with van der Waals surface area (Å²) in [5.74, 6) is -0.330. The fourth-order valence-electron chi connectivity index (χ4n) is 2.23. The third kappa shape index (κ3) is 2.37. The maximum absolute atomic E-state index is 14.4. The smallest absolute Gasteiger partial charge is 0.220 e. The summed E-state index contributed by atoms with van der Waals surface area (Å²) in [6.45, 7) is 2.60. The molecule has 0 saturated carbocycles. The van der Waals surface area contributed by atoms with Crippen molar-refractivity contribution >= 4 is 11.6 Å². The molecule has 2 aromatic heterocycles. The Morgan fingerprint density at radius 1 is 1.18 bits per heavy atom. The highest BCUT2D eigenvalue weighted by Gasteiger charge is 2.18. The molecule has 6 nitrogen and oxygen atoms in total. The molecular weight excluding hydrogens is 283 g/mol. The molecule has 2 heterocycles. The number of anilines is 2. The second-order valence-corrected chi connectivity index (χ2v) is 4.76. The van der Waals surface area contributed by atoms with Crippen LogP contribution in [0.5, 0.6) is 0 Å². The Morgan fingerprint density at radius 3 is 2.73 bits per heavy atom. The highest BCUT2D eigenvalue weighted by molar-refractivity contribution is 5.80. The van der Waals surface area contributed by atoms with Crippen molar-refractivity contribution in [1.82, 2.24) is 19.7 Å². The predicted octanol–water partition coefficient (Wildman–Crippen LogP) is 2.33. The van der Waals surface area contributed by atoms with Crippen LogP contribution in [0.2, 0.25) is 0 Å². The lowest BCUT2D eigenvalue weighted by Gasteiger charge is -2.05. The average molecular weight is 298 g/mol. The van der Waals surface area contributed by atoms with Gasteiger partial charge in [-0.3, -0.25) is 4.68 Å². The highest BCUT2D eigenvalue weighted by atomic mass is 19.1. The van der Waals surface area contributed by atoms with Crippen LogP contribution in [0.4, 0.5) is 16.0 Å². The van der Waals surface area contributed by atoms with E-state index in [1.165, 1.54) is 6.07 Å².